The Morgan fingerprint density at radius 3 is 2.32 bits per heavy atom. The van der Waals surface area contributed by atoms with Crippen molar-refractivity contribution in [2.75, 3.05) is 5.32 Å². The second-order valence-corrected chi connectivity index (χ2v) is 6.34. The van der Waals surface area contributed by atoms with Crippen LogP contribution < -0.4 is 11.0 Å². The Hall–Kier alpha value is -1.17. The quantitative estimate of drug-likeness (QED) is 0.818. The lowest BCUT2D eigenvalue weighted by molar-refractivity contribution is -0.115. The number of amides is 1. The third-order valence-electron chi connectivity index (χ3n) is 2.79. The van der Waals surface area contributed by atoms with Gasteiger partial charge in [-0.05, 0) is 18.2 Å². The Kier molecular flexibility index (Phi) is 3.55. The number of halogens is 3. The van der Waals surface area contributed by atoms with Crippen molar-refractivity contribution in [2.45, 2.75) is 3.79 Å². The average Bonchev–Trinajstić information content (AvgIpc) is 2.53. The van der Waals surface area contributed by atoms with Crippen molar-refractivity contribution < 1.29 is 4.79 Å². The maximum absolute atomic E-state index is 11.8. The molecule has 0 atom stereocenters. The molecule has 102 valence electrons. The molecule has 0 saturated carbocycles. The number of imidazole rings is 1. The fourth-order valence-corrected chi connectivity index (χ4v) is 1.93. The molecule has 0 radical (unpaired) electrons. The van der Waals surface area contributed by atoms with E-state index in [0.717, 1.165) is 5.52 Å². The Balaban J connectivity index is 2.46. The molecular formula is C11H10Cl3N3O2. The number of alkyl halides is 3. The van der Waals surface area contributed by atoms with Crippen LogP contribution >= 0.6 is 34.8 Å². The number of aryl methyl sites for hydroxylation is 2. The normalized spacial score (nSPS) is 11.8. The lowest BCUT2D eigenvalue weighted by atomic mass is 10.2. The van der Waals surface area contributed by atoms with E-state index < -0.39 is 9.70 Å². The van der Waals surface area contributed by atoms with Crippen LogP contribution in [0.5, 0.6) is 0 Å². The number of fused-ring (bicyclic) bond motifs is 1. The molecule has 19 heavy (non-hydrogen) atoms. The van der Waals surface area contributed by atoms with Crippen molar-refractivity contribution >= 4 is 57.4 Å². The summed E-state index contributed by atoms with van der Waals surface area (Å²) in [6.07, 6.45) is 0. The van der Waals surface area contributed by atoms with E-state index in [1.165, 1.54) is 9.13 Å². The third kappa shape index (κ3) is 2.59. The van der Waals surface area contributed by atoms with E-state index in [0.29, 0.717) is 11.2 Å². The second kappa shape index (κ2) is 4.74. The molecular weight excluding hydrogens is 312 g/mol. The van der Waals surface area contributed by atoms with Gasteiger partial charge in [-0.3, -0.25) is 13.9 Å². The maximum Gasteiger partial charge on any atom is 0.328 e. The van der Waals surface area contributed by atoms with E-state index in [9.17, 15) is 9.59 Å². The molecule has 1 N–H and O–H groups in total. The van der Waals surface area contributed by atoms with E-state index >= 15 is 0 Å². The number of nitrogens with zero attached hydrogens (tertiary/aromatic N) is 2. The lowest BCUT2D eigenvalue weighted by Crippen LogP contribution is -2.26. The molecule has 5 nitrogen and oxygen atoms in total. The predicted octanol–water partition coefficient (Wildman–Crippen LogP) is 2.19. The fourth-order valence-electron chi connectivity index (χ4n) is 1.79. The van der Waals surface area contributed by atoms with E-state index in [1.54, 1.807) is 32.3 Å². The van der Waals surface area contributed by atoms with Gasteiger partial charge in [0, 0.05) is 19.8 Å². The SMILES string of the molecule is Cn1c(=O)n(C)c2cc(NC(=O)C(Cl)(Cl)Cl)ccc21. The van der Waals surface area contributed by atoms with Crippen LogP contribution in [0.25, 0.3) is 11.0 Å². The summed E-state index contributed by atoms with van der Waals surface area (Å²) in [6, 6.07) is 4.99. The van der Waals surface area contributed by atoms with Gasteiger partial charge in [-0.2, -0.15) is 0 Å². The molecule has 0 aliphatic rings. The van der Waals surface area contributed by atoms with Crippen LogP contribution in [0, 0.1) is 0 Å². The Morgan fingerprint density at radius 1 is 1.16 bits per heavy atom. The summed E-state index contributed by atoms with van der Waals surface area (Å²) >= 11 is 16.4. The van der Waals surface area contributed by atoms with Gasteiger partial charge in [-0.15, -0.1) is 0 Å². The van der Waals surface area contributed by atoms with E-state index in [-0.39, 0.29) is 5.69 Å². The molecule has 0 aliphatic carbocycles. The van der Waals surface area contributed by atoms with Crippen molar-refractivity contribution in [3.8, 4) is 0 Å². The van der Waals surface area contributed by atoms with Gasteiger partial charge >= 0.3 is 5.69 Å². The smallest absolute Gasteiger partial charge is 0.322 e. The van der Waals surface area contributed by atoms with E-state index in [4.69, 9.17) is 34.8 Å². The molecule has 2 rings (SSSR count). The highest BCUT2D eigenvalue weighted by atomic mass is 35.6. The number of benzene rings is 1. The van der Waals surface area contributed by atoms with Crippen LogP contribution in [-0.4, -0.2) is 18.8 Å². The highest BCUT2D eigenvalue weighted by molar-refractivity contribution is 6.76. The van der Waals surface area contributed by atoms with Crippen molar-refractivity contribution in [1.29, 1.82) is 0 Å². The van der Waals surface area contributed by atoms with Gasteiger partial charge in [0.1, 0.15) is 0 Å². The van der Waals surface area contributed by atoms with Crippen LogP contribution in [0.15, 0.2) is 23.0 Å². The number of carbonyl (C=O) groups excluding carboxylic acids is 1. The molecule has 1 heterocycles. The first-order valence-corrected chi connectivity index (χ1v) is 6.39. The van der Waals surface area contributed by atoms with Gasteiger partial charge in [-0.25, -0.2) is 4.79 Å². The highest BCUT2D eigenvalue weighted by Gasteiger charge is 2.30. The van der Waals surface area contributed by atoms with E-state index in [1.807, 2.05) is 0 Å². The van der Waals surface area contributed by atoms with E-state index in [2.05, 4.69) is 5.32 Å². The molecule has 0 bridgehead atoms. The minimum Gasteiger partial charge on any atom is -0.322 e. The van der Waals surface area contributed by atoms with Gasteiger partial charge in [0.25, 0.3) is 9.70 Å². The summed E-state index contributed by atoms with van der Waals surface area (Å²) in [4.78, 5) is 23.3. The first kappa shape index (κ1) is 14.2. The van der Waals surface area contributed by atoms with Crippen LogP contribution in [-0.2, 0) is 18.9 Å². The second-order valence-electron chi connectivity index (χ2n) is 4.06. The predicted molar refractivity (Wildman–Crippen MR) is 77.1 cm³/mol. The number of aromatic nitrogens is 2. The molecule has 8 heteroatoms. The summed E-state index contributed by atoms with van der Waals surface area (Å²) in [5.41, 5.74) is 1.72. The molecule has 0 spiro atoms. The summed E-state index contributed by atoms with van der Waals surface area (Å²) in [5, 5.41) is 2.47. The Morgan fingerprint density at radius 2 is 1.74 bits per heavy atom. The summed E-state index contributed by atoms with van der Waals surface area (Å²) in [6.45, 7) is 0. The zero-order valence-corrected chi connectivity index (χ0v) is 12.3. The van der Waals surface area contributed by atoms with Crippen LogP contribution in [0.1, 0.15) is 0 Å². The molecule has 1 amide bonds. The average molecular weight is 323 g/mol. The monoisotopic (exact) mass is 321 g/mol. The molecule has 2 aromatic rings. The zero-order chi connectivity index (χ0) is 14.4. The van der Waals surface area contributed by atoms with Crippen molar-refractivity contribution in [3.05, 3.63) is 28.7 Å². The van der Waals surface area contributed by atoms with Crippen LogP contribution in [0.3, 0.4) is 0 Å². The van der Waals surface area contributed by atoms with Crippen LogP contribution in [0.2, 0.25) is 0 Å². The summed E-state index contributed by atoms with van der Waals surface area (Å²) in [5.74, 6) is -0.752. The first-order chi connectivity index (χ1) is 8.71. The standard InChI is InChI=1S/C11H10Cl3N3O2/c1-16-7-4-3-6(15-9(18)11(12,13)14)5-8(7)17(2)10(16)19/h3-5H,1-2H3,(H,15,18). The number of anilines is 1. The largest absolute Gasteiger partial charge is 0.328 e. The first-order valence-electron chi connectivity index (χ1n) is 5.25. The Labute approximate surface area is 123 Å². The van der Waals surface area contributed by atoms with Crippen molar-refractivity contribution in [1.82, 2.24) is 9.13 Å². The minimum atomic E-state index is -2.03. The number of hydrogen-bond acceptors (Lipinski definition) is 2. The number of hydrogen-bond donors (Lipinski definition) is 1. The molecule has 0 saturated heterocycles. The molecule has 0 aliphatic heterocycles. The van der Waals surface area contributed by atoms with Gasteiger partial charge in [-0.1, -0.05) is 34.8 Å². The van der Waals surface area contributed by atoms with Crippen molar-refractivity contribution in [2.24, 2.45) is 14.1 Å². The van der Waals surface area contributed by atoms with Gasteiger partial charge < -0.3 is 5.32 Å². The zero-order valence-electron chi connectivity index (χ0n) is 10.1. The minimum absolute atomic E-state index is 0.153. The molecule has 1 aromatic carbocycles. The Bertz CT molecular complexity index is 712. The number of rotatable bonds is 1. The van der Waals surface area contributed by atoms with Gasteiger partial charge in [0.2, 0.25) is 0 Å². The highest BCUT2D eigenvalue weighted by Crippen LogP contribution is 2.28. The van der Waals surface area contributed by atoms with Gasteiger partial charge in [0.05, 0.1) is 11.0 Å². The van der Waals surface area contributed by atoms with Crippen LogP contribution in [0.4, 0.5) is 5.69 Å². The fraction of sp³-hybridized carbons (Fsp3) is 0.273. The molecule has 0 unspecified atom stereocenters. The lowest BCUT2D eigenvalue weighted by Gasteiger charge is -2.11. The van der Waals surface area contributed by atoms with Gasteiger partial charge in [0.15, 0.2) is 0 Å². The number of carbonyl (C=O) groups is 1. The number of nitrogens with one attached hydrogen (secondary N) is 1. The summed E-state index contributed by atoms with van der Waals surface area (Å²) < 4.78 is 0.952. The third-order valence-corrected chi connectivity index (χ3v) is 3.30. The maximum atomic E-state index is 11.8. The molecule has 0 fully saturated rings. The summed E-state index contributed by atoms with van der Waals surface area (Å²) in [7, 11) is 3.31. The molecule has 1 aromatic heterocycles. The topological polar surface area (TPSA) is 56.0 Å². The van der Waals surface area contributed by atoms with Crippen molar-refractivity contribution in [3.63, 3.8) is 0 Å².